The maximum Gasteiger partial charge on any atom is 0.243 e. The second-order valence-electron chi connectivity index (χ2n) is 10.8. The van der Waals surface area contributed by atoms with Crippen molar-refractivity contribution in [2.75, 3.05) is 33.2 Å². The molecule has 7 nitrogen and oxygen atoms in total. The number of nitrogens with zero attached hydrogens (tertiary/aromatic N) is 3. The van der Waals surface area contributed by atoms with Crippen LogP contribution in [0.3, 0.4) is 0 Å². The Morgan fingerprint density at radius 2 is 1.85 bits per heavy atom. The number of ether oxygens (including phenoxy) is 2. The maximum absolute atomic E-state index is 13.5. The van der Waals surface area contributed by atoms with E-state index in [1.54, 1.807) is 28.7 Å². The summed E-state index contributed by atoms with van der Waals surface area (Å²) in [6.45, 7) is 2.81. The first-order valence-corrected chi connectivity index (χ1v) is 15.5. The van der Waals surface area contributed by atoms with Crippen LogP contribution in [0.2, 0.25) is 5.02 Å². The van der Waals surface area contributed by atoms with E-state index >= 15 is 0 Å². The molecule has 2 aromatic carbocycles. The maximum atomic E-state index is 13.5. The number of hydrogen-bond donors (Lipinski definition) is 0. The van der Waals surface area contributed by atoms with Crippen molar-refractivity contribution in [3.8, 4) is 16.9 Å². The van der Waals surface area contributed by atoms with E-state index in [-0.39, 0.29) is 11.5 Å². The Labute approximate surface area is 235 Å². The van der Waals surface area contributed by atoms with Crippen molar-refractivity contribution in [3.05, 3.63) is 77.1 Å². The first kappa shape index (κ1) is 26.7. The van der Waals surface area contributed by atoms with Gasteiger partial charge in [-0.25, -0.2) is 8.42 Å². The van der Waals surface area contributed by atoms with E-state index < -0.39 is 15.6 Å². The fourth-order valence-electron chi connectivity index (χ4n) is 5.21. The minimum atomic E-state index is -3.62. The average Bonchev–Trinajstić information content (AvgIpc) is 3.85. The zero-order valence-corrected chi connectivity index (χ0v) is 23.8. The average molecular weight is 568 g/mol. The third-order valence-electron chi connectivity index (χ3n) is 7.85. The highest BCUT2D eigenvalue weighted by Gasteiger charge is 2.48. The number of halogens is 1. The smallest absolute Gasteiger partial charge is 0.243 e. The summed E-state index contributed by atoms with van der Waals surface area (Å²) in [6, 6.07) is 15.1. The van der Waals surface area contributed by atoms with Gasteiger partial charge in [0.15, 0.2) is 0 Å². The Balaban J connectivity index is 1.24. The second-order valence-corrected chi connectivity index (χ2v) is 13.2. The Morgan fingerprint density at radius 3 is 2.64 bits per heavy atom. The summed E-state index contributed by atoms with van der Waals surface area (Å²) < 4.78 is 41.3. The summed E-state index contributed by atoms with van der Waals surface area (Å²) in [7, 11) is -1.60. The number of pyridine rings is 1. The summed E-state index contributed by atoms with van der Waals surface area (Å²) in [6.07, 6.45) is 8.68. The van der Waals surface area contributed by atoms with Gasteiger partial charge in [0.2, 0.25) is 10.0 Å². The second kappa shape index (κ2) is 10.8. The van der Waals surface area contributed by atoms with Crippen LogP contribution in [0.25, 0.3) is 11.1 Å². The first-order valence-electron chi connectivity index (χ1n) is 13.7. The molecular weight excluding hydrogens is 534 g/mol. The van der Waals surface area contributed by atoms with Gasteiger partial charge in [-0.2, -0.15) is 4.31 Å². The Kier molecular flexibility index (Phi) is 7.41. The van der Waals surface area contributed by atoms with Crippen molar-refractivity contribution >= 4 is 21.6 Å². The molecule has 0 atom stereocenters. The fraction of sp³-hybridized carbons (Fsp3) is 0.433. The van der Waals surface area contributed by atoms with Gasteiger partial charge in [0.25, 0.3) is 0 Å². The van der Waals surface area contributed by atoms with E-state index in [9.17, 15) is 8.42 Å². The Hall–Kier alpha value is -2.49. The highest BCUT2D eigenvalue weighted by molar-refractivity contribution is 7.89. The molecule has 0 N–H and O–H groups in total. The molecule has 0 unspecified atom stereocenters. The molecule has 3 fully saturated rings. The predicted octanol–water partition coefficient (Wildman–Crippen LogP) is 5.48. The largest absolute Gasteiger partial charge is 0.490 e. The standard InChI is InChI=1S/C30H34ClN3O4S/c1-33-15-4-16-34(18-17-33)39(35,36)24-9-10-28(31)22(19-24)21-37-30(12-13-30)27-20-32-14-11-25(27)26-5-2-3-6-29(26)38-23-7-8-23/h2-3,5-6,9-11,14,19-20,23H,4,7-8,12-13,15-18,21H2,1H3. The van der Waals surface area contributed by atoms with Gasteiger partial charge in [-0.05, 0) is 87.2 Å². The SMILES string of the molecule is CN1CCCN(S(=O)(=O)c2ccc(Cl)c(COC3(c4cnccc4-c4ccccc4OC4CC4)CC3)c2)CC1. The van der Waals surface area contributed by atoms with Crippen LogP contribution >= 0.6 is 11.6 Å². The van der Waals surface area contributed by atoms with Gasteiger partial charge in [0.1, 0.15) is 5.75 Å². The normalized spacial score (nSPS) is 19.9. The van der Waals surface area contributed by atoms with E-state index in [1.165, 1.54) is 0 Å². The topological polar surface area (TPSA) is 72.0 Å². The number of hydrogen-bond acceptors (Lipinski definition) is 6. The molecule has 0 spiro atoms. The third-order valence-corrected chi connectivity index (χ3v) is 10.1. The molecule has 0 amide bonds. The van der Waals surface area contributed by atoms with E-state index in [4.69, 9.17) is 21.1 Å². The van der Waals surface area contributed by atoms with Crippen LogP contribution in [-0.2, 0) is 27.0 Å². The molecule has 206 valence electrons. The number of benzene rings is 2. The molecule has 0 bridgehead atoms. The minimum absolute atomic E-state index is 0.208. The van der Waals surface area contributed by atoms with Gasteiger partial charge in [0, 0.05) is 48.2 Å². The summed E-state index contributed by atoms with van der Waals surface area (Å²) >= 11 is 6.55. The molecule has 9 heteroatoms. The Morgan fingerprint density at radius 1 is 1.03 bits per heavy atom. The molecule has 1 aromatic heterocycles. The van der Waals surface area contributed by atoms with E-state index in [1.807, 2.05) is 37.5 Å². The van der Waals surface area contributed by atoms with Crippen molar-refractivity contribution in [3.63, 3.8) is 0 Å². The zero-order valence-electron chi connectivity index (χ0n) is 22.2. The number of para-hydroxylation sites is 1. The van der Waals surface area contributed by atoms with Gasteiger partial charge in [-0.15, -0.1) is 0 Å². The highest BCUT2D eigenvalue weighted by atomic mass is 35.5. The van der Waals surface area contributed by atoms with Crippen molar-refractivity contribution in [1.82, 2.24) is 14.2 Å². The lowest BCUT2D eigenvalue weighted by Gasteiger charge is -2.23. The molecule has 3 aromatic rings. The van der Waals surface area contributed by atoms with Gasteiger partial charge in [-0.3, -0.25) is 4.98 Å². The van der Waals surface area contributed by atoms with Crippen LogP contribution in [0, 0.1) is 0 Å². The van der Waals surface area contributed by atoms with Crippen molar-refractivity contribution < 1.29 is 17.9 Å². The molecule has 39 heavy (non-hydrogen) atoms. The lowest BCUT2D eigenvalue weighted by Crippen LogP contribution is -2.34. The molecule has 2 saturated carbocycles. The van der Waals surface area contributed by atoms with E-state index in [0.29, 0.717) is 36.3 Å². The summed E-state index contributed by atoms with van der Waals surface area (Å²) in [5, 5.41) is 0.495. The van der Waals surface area contributed by atoms with Crippen molar-refractivity contribution in [2.45, 2.75) is 55.3 Å². The molecule has 1 saturated heterocycles. The van der Waals surface area contributed by atoms with Gasteiger partial charge in [-0.1, -0.05) is 29.8 Å². The molecule has 6 rings (SSSR count). The number of likely N-dealkylation sites (N-methyl/N-ethyl adjacent to an activating group) is 1. The van der Waals surface area contributed by atoms with Gasteiger partial charge < -0.3 is 14.4 Å². The van der Waals surface area contributed by atoms with Crippen LogP contribution < -0.4 is 4.74 Å². The highest BCUT2D eigenvalue weighted by Crippen LogP contribution is 2.53. The van der Waals surface area contributed by atoms with Gasteiger partial charge in [0.05, 0.1) is 23.2 Å². The lowest BCUT2D eigenvalue weighted by molar-refractivity contribution is 0.0173. The summed E-state index contributed by atoms with van der Waals surface area (Å²) in [5.41, 5.74) is 3.27. The van der Waals surface area contributed by atoms with Gasteiger partial charge >= 0.3 is 0 Å². The third kappa shape index (κ3) is 5.72. The summed E-state index contributed by atoms with van der Waals surface area (Å²) in [5.74, 6) is 0.879. The van der Waals surface area contributed by atoms with Crippen molar-refractivity contribution in [2.24, 2.45) is 0 Å². The monoisotopic (exact) mass is 567 g/mol. The molecule has 2 aliphatic carbocycles. The van der Waals surface area contributed by atoms with Crippen LogP contribution in [0.15, 0.2) is 65.8 Å². The molecule has 0 radical (unpaired) electrons. The molecule has 3 aliphatic rings. The van der Waals surface area contributed by atoms with Crippen molar-refractivity contribution in [1.29, 1.82) is 0 Å². The molecule has 1 aliphatic heterocycles. The first-order chi connectivity index (χ1) is 18.9. The number of rotatable bonds is 9. The lowest BCUT2D eigenvalue weighted by atomic mass is 9.96. The molecule has 2 heterocycles. The summed E-state index contributed by atoms with van der Waals surface area (Å²) in [4.78, 5) is 6.85. The van der Waals surface area contributed by atoms with E-state index in [2.05, 4.69) is 16.0 Å². The zero-order chi connectivity index (χ0) is 27.0. The van der Waals surface area contributed by atoms with Crippen LogP contribution in [0.1, 0.15) is 43.2 Å². The fourth-order valence-corrected chi connectivity index (χ4v) is 6.90. The quantitative estimate of drug-likeness (QED) is 0.341. The van der Waals surface area contributed by atoms with Crippen LogP contribution in [0.5, 0.6) is 5.75 Å². The molecular formula is C30H34ClN3O4S. The number of sulfonamides is 1. The Bertz CT molecular complexity index is 1460. The number of aromatic nitrogens is 1. The predicted molar refractivity (Wildman–Crippen MR) is 151 cm³/mol. The van der Waals surface area contributed by atoms with Crippen LogP contribution in [0.4, 0.5) is 0 Å². The van der Waals surface area contributed by atoms with E-state index in [0.717, 1.165) is 61.1 Å². The van der Waals surface area contributed by atoms with Crippen LogP contribution in [-0.4, -0.2) is 61.9 Å². The minimum Gasteiger partial charge on any atom is -0.490 e.